The molecule has 0 unspecified atom stereocenters. The largest absolute Gasteiger partial charge is 0.508 e. The van der Waals surface area contributed by atoms with Gasteiger partial charge in [0.25, 0.3) is 5.91 Å². The predicted molar refractivity (Wildman–Crippen MR) is 80.4 cm³/mol. The van der Waals surface area contributed by atoms with Gasteiger partial charge >= 0.3 is 0 Å². The molecule has 0 aliphatic rings. The van der Waals surface area contributed by atoms with E-state index in [-0.39, 0.29) is 11.7 Å². The van der Waals surface area contributed by atoms with Crippen molar-refractivity contribution in [1.29, 1.82) is 0 Å². The van der Waals surface area contributed by atoms with Gasteiger partial charge in [0, 0.05) is 11.9 Å². The molecule has 0 saturated heterocycles. The lowest BCUT2D eigenvalue weighted by molar-refractivity contribution is 0.0955. The number of aromatic hydroxyl groups is 1. The molecule has 0 aliphatic carbocycles. The van der Waals surface area contributed by atoms with Crippen molar-refractivity contribution in [3.8, 4) is 5.75 Å². The number of phenols is 1. The van der Waals surface area contributed by atoms with Gasteiger partial charge < -0.3 is 14.8 Å². The fraction of sp³-hybridized carbons (Fsp3) is 0.118. The third-order valence-corrected chi connectivity index (χ3v) is 3.36. The Labute approximate surface area is 122 Å². The zero-order chi connectivity index (χ0) is 14.7. The van der Waals surface area contributed by atoms with Crippen LogP contribution in [0, 0.1) is 0 Å². The first kappa shape index (κ1) is 13.2. The second-order valence-electron chi connectivity index (χ2n) is 4.82. The van der Waals surface area contributed by atoms with Crippen LogP contribution in [0.2, 0.25) is 0 Å². The predicted octanol–water partition coefficient (Wildman–Crippen LogP) is 3.11. The number of amides is 1. The molecule has 0 spiro atoms. The molecule has 4 nitrogen and oxygen atoms in total. The molecule has 2 N–H and O–H groups in total. The minimum atomic E-state index is -0.140. The van der Waals surface area contributed by atoms with Crippen LogP contribution < -0.4 is 5.32 Å². The summed E-state index contributed by atoms with van der Waals surface area (Å²) in [5.41, 5.74) is 2.32. The summed E-state index contributed by atoms with van der Waals surface area (Å²) < 4.78 is 5.36. The molecule has 3 rings (SSSR count). The molecule has 0 atom stereocenters. The fourth-order valence-electron chi connectivity index (χ4n) is 2.23. The average Bonchev–Trinajstić information content (AvgIpc) is 2.93. The van der Waals surface area contributed by atoms with Crippen LogP contribution >= 0.6 is 0 Å². The second-order valence-corrected chi connectivity index (χ2v) is 4.82. The molecule has 0 radical (unpaired) electrons. The number of phenolic OH excluding ortho intramolecular Hbond substituents is 1. The number of benzene rings is 2. The van der Waals surface area contributed by atoms with Crippen molar-refractivity contribution in [3.63, 3.8) is 0 Å². The van der Waals surface area contributed by atoms with Gasteiger partial charge in [-0.2, -0.15) is 0 Å². The number of para-hydroxylation sites is 1. The summed E-state index contributed by atoms with van der Waals surface area (Å²) in [7, 11) is 0. The van der Waals surface area contributed by atoms with Crippen molar-refractivity contribution in [2.24, 2.45) is 0 Å². The van der Waals surface area contributed by atoms with Crippen LogP contribution in [0.25, 0.3) is 11.0 Å². The van der Waals surface area contributed by atoms with Gasteiger partial charge in [-0.25, -0.2) is 0 Å². The van der Waals surface area contributed by atoms with E-state index in [4.69, 9.17) is 4.42 Å². The summed E-state index contributed by atoms with van der Waals surface area (Å²) in [6.45, 7) is 0.531. The van der Waals surface area contributed by atoms with E-state index in [9.17, 15) is 9.90 Å². The molecule has 3 aromatic rings. The van der Waals surface area contributed by atoms with Crippen LogP contribution in [0.4, 0.5) is 0 Å². The highest BCUT2D eigenvalue weighted by Gasteiger charge is 2.12. The summed E-state index contributed by atoms with van der Waals surface area (Å²) >= 11 is 0. The molecular formula is C17H15NO3. The second kappa shape index (κ2) is 5.71. The number of nitrogens with one attached hydrogen (secondary N) is 1. The minimum absolute atomic E-state index is 0.140. The van der Waals surface area contributed by atoms with Crippen molar-refractivity contribution in [2.45, 2.75) is 6.42 Å². The van der Waals surface area contributed by atoms with Gasteiger partial charge in [0.05, 0.1) is 5.56 Å². The van der Waals surface area contributed by atoms with Gasteiger partial charge in [0.1, 0.15) is 17.6 Å². The fourth-order valence-corrected chi connectivity index (χ4v) is 2.23. The van der Waals surface area contributed by atoms with Gasteiger partial charge in [-0.15, -0.1) is 0 Å². The van der Waals surface area contributed by atoms with Crippen molar-refractivity contribution < 1.29 is 14.3 Å². The highest BCUT2D eigenvalue weighted by Crippen LogP contribution is 2.20. The Balaban J connectivity index is 1.63. The van der Waals surface area contributed by atoms with E-state index >= 15 is 0 Å². The van der Waals surface area contributed by atoms with E-state index in [1.807, 2.05) is 36.4 Å². The van der Waals surface area contributed by atoms with E-state index in [0.717, 1.165) is 10.9 Å². The standard InChI is InChI=1S/C17H15NO3/c19-13-7-5-12(6-8-13)9-10-18-17(20)15-11-21-16-4-2-1-3-14(15)16/h1-8,11,19H,9-10H2,(H,18,20). The highest BCUT2D eigenvalue weighted by atomic mass is 16.3. The van der Waals surface area contributed by atoms with Crippen molar-refractivity contribution >= 4 is 16.9 Å². The molecule has 106 valence electrons. The van der Waals surface area contributed by atoms with Crippen LogP contribution in [-0.2, 0) is 6.42 Å². The van der Waals surface area contributed by atoms with Gasteiger partial charge in [-0.1, -0.05) is 30.3 Å². The Morgan fingerprint density at radius 2 is 1.86 bits per heavy atom. The first-order valence-electron chi connectivity index (χ1n) is 6.76. The zero-order valence-corrected chi connectivity index (χ0v) is 11.4. The summed E-state index contributed by atoms with van der Waals surface area (Å²) in [5, 5.41) is 12.9. The third-order valence-electron chi connectivity index (χ3n) is 3.36. The van der Waals surface area contributed by atoms with E-state index in [2.05, 4.69) is 5.32 Å². The molecule has 0 saturated carbocycles. The summed E-state index contributed by atoms with van der Waals surface area (Å²) in [5.74, 6) is 0.103. The smallest absolute Gasteiger partial charge is 0.255 e. The van der Waals surface area contributed by atoms with E-state index in [0.29, 0.717) is 24.1 Å². The molecule has 0 aliphatic heterocycles. The van der Waals surface area contributed by atoms with Crippen molar-refractivity contribution in [3.05, 3.63) is 65.9 Å². The van der Waals surface area contributed by atoms with Crippen LogP contribution in [0.5, 0.6) is 5.75 Å². The molecule has 0 fully saturated rings. The number of carbonyl (C=O) groups excluding carboxylic acids is 1. The molecule has 0 bridgehead atoms. The van der Waals surface area contributed by atoms with E-state index in [1.165, 1.54) is 6.26 Å². The SMILES string of the molecule is O=C(NCCc1ccc(O)cc1)c1coc2ccccc12. The number of furan rings is 1. The van der Waals surface area contributed by atoms with Gasteiger partial charge in [-0.3, -0.25) is 4.79 Å². The number of fused-ring (bicyclic) bond motifs is 1. The van der Waals surface area contributed by atoms with Crippen LogP contribution in [0.1, 0.15) is 15.9 Å². The van der Waals surface area contributed by atoms with E-state index in [1.54, 1.807) is 12.1 Å². The molecule has 21 heavy (non-hydrogen) atoms. The lowest BCUT2D eigenvalue weighted by Crippen LogP contribution is -2.25. The number of hydrogen-bond acceptors (Lipinski definition) is 3. The Morgan fingerprint density at radius 3 is 2.67 bits per heavy atom. The van der Waals surface area contributed by atoms with Gasteiger partial charge in [0.2, 0.25) is 0 Å². The first-order valence-corrected chi connectivity index (χ1v) is 6.76. The summed E-state index contributed by atoms with van der Waals surface area (Å²) in [4.78, 5) is 12.2. The summed E-state index contributed by atoms with van der Waals surface area (Å²) in [6.07, 6.45) is 2.20. The highest BCUT2D eigenvalue weighted by molar-refractivity contribution is 6.05. The Kier molecular flexibility index (Phi) is 3.60. The quantitative estimate of drug-likeness (QED) is 0.772. The minimum Gasteiger partial charge on any atom is -0.508 e. The Morgan fingerprint density at radius 1 is 1.10 bits per heavy atom. The summed E-state index contributed by atoms with van der Waals surface area (Å²) in [6, 6.07) is 14.4. The van der Waals surface area contributed by atoms with Crippen LogP contribution in [0.3, 0.4) is 0 Å². The molecule has 1 heterocycles. The van der Waals surface area contributed by atoms with Gasteiger partial charge in [0.15, 0.2) is 0 Å². The van der Waals surface area contributed by atoms with Crippen molar-refractivity contribution in [1.82, 2.24) is 5.32 Å². The lowest BCUT2D eigenvalue weighted by Gasteiger charge is -2.04. The number of rotatable bonds is 4. The molecule has 4 heteroatoms. The zero-order valence-electron chi connectivity index (χ0n) is 11.4. The first-order chi connectivity index (χ1) is 10.2. The average molecular weight is 281 g/mol. The normalized spacial score (nSPS) is 10.7. The van der Waals surface area contributed by atoms with E-state index < -0.39 is 0 Å². The maximum absolute atomic E-state index is 12.2. The molecule has 1 aromatic heterocycles. The Hall–Kier alpha value is -2.75. The third kappa shape index (κ3) is 2.89. The molecule has 2 aromatic carbocycles. The number of carbonyl (C=O) groups is 1. The molecule has 1 amide bonds. The van der Waals surface area contributed by atoms with Crippen molar-refractivity contribution in [2.75, 3.05) is 6.54 Å². The molecular weight excluding hydrogens is 266 g/mol. The monoisotopic (exact) mass is 281 g/mol. The van der Waals surface area contributed by atoms with Crippen LogP contribution in [0.15, 0.2) is 59.2 Å². The maximum Gasteiger partial charge on any atom is 0.255 e. The number of hydrogen-bond donors (Lipinski definition) is 2. The van der Waals surface area contributed by atoms with Crippen LogP contribution in [-0.4, -0.2) is 17.6 Å². The maximum atomic E-state index is 12.2. The lowest BCUT2D eigenvalue weighted by atomic mass is 10.1. The van der Waals surface area contributed by atoms with Gasteiger partial charge in [-0.05, 0) is 30.2 Å². The Bertz CT molecular complexity index is 759. The topological polar surface area (TPSA) is 62.5 Å².